The van der Waals surface area contributed by atoms with Crippen molar-refractivity contribution >= 4 is 16.2 Å². The molecule has 0 amide bonds. The van der Waals surface area contributed by atoms with Gasteiger partial charge in [-0.2, -0.15) is 12.7 Å². The molecule has 1 heterocycles. The van der Waals surface area contributed by atoms with Crippen molar-refractivity contribution in [2.75, 3.05) is 19.6 Å². The van der Waals surface area contributed by atoms with Gasteiger partial charge in [0.1, 0.15) is 0 Å². The second-order valence-electron chi connectivity index (χ2n) is 4.03. The summed E-state index contributed by atoms with van der Waals surface area (Å²) in [7, 11) is -3.50. The Labute approximate surface area is 95.8 Å². The molecule has 6 nitrogen and oxygen atoms in total. The van der Waals surface area contributed by atoms with E-state index in [4.69, 9.17) is 5.11 Å². The largest absolute Gasteiger partial charge is 0.481 e. The van der Waals surface area contributed by atoms with Crippen LogP contribution in [0.1, 0.15) is 26.7 Å². The summed E-state index contributed by atoms with van der Waals surface area (Å²) in [4.78, 5) is 11.1. The smallest absolute Gasteiger partial charge is 0.311 e. The average Bonchev–Trinajstić information content (AvgIpc) is 2.63. The van der Waals surface area contributed by atoms with Crippen LogP contribution in [0.25, 0.3) is 0 Å². The fraction of sp³-hybridized carbons (Fsp3) is 0.889. The Balaban J connectivity index is 2.83. The highest BCUT2D eigenvalue weighted by molar-refractivity contribution is 7.87. The topological polar surface area (TPSA) is 86.7 Å². The van der Waals surface area contributed by atoms with Crippen LogP contribution in [0.4, 0.5) is 0 Å². The SMILES string of the molecule is CCNS(=O)(=O)N1CCC(CC)(C(=O)O)C1. The van der Waals surface area contributed by atoms with E-state index < -0.39 is 21.6 Å². The highest BCUT2D eigenvalue weighted by Gasteiger charge is 2.46. The molecule has 1 saturated heterocycles. The molecule has 0 bridgehead atoms. The zero-order valence-electron chi connectivity index (χ0n) is 9.56. The molecule has 16 heavy (non-hydrogen) atoms. The number of carbonyl (C=O) groups is 1. The summed E-state index contributed by atoms with van der Waals surface area (Å²) in [5, 5.41) is 9.14. The van der Waals surface area contributed by atoms with Crippen molar-refractivity contribution < 1.29 is 18.3 Å². The van der Waals surface area contributed by atoms with Gasteiger partial charge < -0.3 is 5.11 Å². The van der Waals surface area contributed by atoms with Gasteiger partial charge >= 0.3 is 5.97 Å². The first-order valence-electron chi connectivity index (χ1n) is 5.36. The molecule has 7 heteroatoms. The summed E-state index contributed by atoms with van der Waals surface area (Å²) < 4.78 is 26.9. The lowest BCUT2D eigenvalue weighted by molar-refractivity contribution is -0.148. The van der Waals surface area contributed by atoms with Crippen LogP contribution >= 0.6 is 0 Å². The van der Waals surface area contributed by atoms with Crippen molar-refractivity contribution in [3.8, 4) is 0 Å². The van der Waals surface area contributed by atoms with E-state index in [0.717, 1.165) is 0 Å². The van der Waals surface area contributed by atoms with Gasteiger partial charge in [0, 0.05) is 19.6 Å². The van der Waals surface area contributed by atoms with Crippen LogP contribution in [0, 0.1) is 5.41 Å². The molecule has 1 aliphatic rings. The maximum atomic E-state index is 11.7. The van der Waals surface area contributed by atoms with Gasteiger partial charge in [-0.05, 0) is 12.8 Å². The standard InChI is InChI=1S/C9H18N2O4S/c1-3-9(8(12)13)5-6-11(7-9)16(14,15)10-4-2/h10H,3-7H2,1-2H3,(H,12,13). The molecule has 0 radical (unpaired) electrons. The Hall–Kier alpha value is -0.660. The summed E-state index contributed by atoms with van der Waals surface area (Å²) in [6.45, 7) is 4.12. The molecule has 1 unspecified atom stereocenters. The van der Waals surface area contributed by atoms with E-state index in [1.807, 2.05) is 0 Å². The third kappa shape index (κ3) is 2.36. The van der Waals surface area contributed by atoms with Crippen LogP contribution in [-0.2, 0) is 15.0 Å². The lowest BCUT2D eigenvalue weighted by Crippen LogP contribution is -2.42. The third-order valence-corrected chi connectivity index (χ3v) is 4.76. The first-order chi connectivity index (χ1) is 7.38. The quantitative estimate of drug-likeness (QED) is 0.720. The average molecular weight is 250 g/mol. The number of nitrogens with one attached hydrogen (secondary N) is 1. The van der Waals surface area contributed by atoms with Crippen molar-refractivity contribution in [1.82, 2.24) is 9.03 Å². The normalized spacial score (nSPS) is 27.1. The van der Waals surface area contributed by atoms with Crippen LogP contribution in [-0.4, -0.2) is 43.4 Å². The molecule has 1 fully saturated rings. The van der Waals surface area contributed by atoms with E-state index in [2.05, 4.69) is 4.72 Å². The molecule has 0 saturated carbocycles. The van der Waals surface area contributed by atoms with Crippen molar-refractivity contribution in [2.24, 2.45) is 5.41 Å². The molecular formula is C9H18N2O4S. The summed E-state index contributed by atoms with van der Waals surface area (Å²) >= 11 is 0. The van der Waals surface area contributed by atoms with E-state index in [9.17, 15) is 13.2 Å². The summed E-state index contributed by atoms with van der Waals surface area (Å²) in [6, 6.07) is 0. The minimum atomic E-state index is -3.50. The zero-order valence-corrected chi connectivity index (χ0v) is 10.4. The van der Waals surface area contributed by atoms with E-state index in [0.29, 0.717) is 19.4 Å². The number of nitrogens with zero attached hydrogens (tertiary/aromatic N) is 1. The molecule has 0 aromatic carbocycles. The number of aliphatic carboxylic acids is 1. The van der Waals surface area contributed by atoms with Crippen molar-refractivity contribution in [3.63, 3.8) is 0 Å². The molecule has 0 spiro atoms. The maximum absolute atomic E-state index is 11.7. The van der Waals surface area contributed by atoms with Crippen molar-refractivity contribution in [1.29, 1.82) is 0 Å². The number of carboxylic acids is 1. The summed E-state index contributed by atoms with van der Waals surface area (Å²) in [5.41, 5.74) is -0.914. The Morgan fingerprint density at radius 1 is 1.50 bits per heavy atom. The van der Waals surface area contributed by atoms with Crippen LogP contribution in [0.3, 0.4) is 0 Å². The lowest BCUT2D eigenvalue weighted by atomic mass is 9.85. The minimum Gasteiger partial charge on any atom is -0.481 e. The Bertz CT molecular complexity index is 368. The van der Waals surface area contributed by atoms with Crippen molar-refractivity contribution in [2.45, 2.75) is 26.7 Å². The van der Waals surface area contributed by atoms with E-state index >= 15 is 0 Å². The molecule has 0 aromatic heterocycles. The van der Waals surface area contributed by atoms with Gasteiger partial charge in [0.2, 0.25) is 0 Å². The molecule has 1 atom stereocenters. The number of rotatable bonds is 5. The Morgan fingerprint density at radius 3 is 2.50 bits per heavy atom. The van der Waals surface area contributed by atoms with E-state index in [1.165, 1.54) is 4.31 Å². The van der Waals surface area contributed by atoms with E-state index in [1.54, 1.807) is 13.8 Å². The van der Waals surface area contributed by atoms with Crippen LogP contribution < -0.4 is 4.72 Å². The van der Waals surface area contributed by atoms with Gasteiger partial charge in [0.05, 0.1) is 5.41 Å². The van der Waals surface area contributed by atoms with Crippen LogP contribution in [0.5, 0.6) is 0 Å². The number of hydrogen-bond acceptors (Lipinski definition) is 3. The fourth-order valence-corrected chi connectivity index (χ4v) is 3.22. The van der Waals surface area contributed by atoms with Gasteiger partial charge in [0.15, 0.2) is 0 Å². The fourth-order valence-electron chi connectivity index (χ4n) is 1.93. The first-order valence-corrected chi connectivity index (χ1v) is 6.80. The van der Waals surface area contributed by atoms with Gasteiger partial charge in [-0.15, -0.1) is 0 Å². The maximum Gasteiger partial charge on any atom is 0.311 e. The van der Waals surface area contributed by atoms with Gasteiger partial charge in [-0.1, -0.05) is 13.8 Å². The third-order valence-electron chi connectivity index (χ3n) is 3.12. The van der Waals surface area contributed by atoms with Crippen LogP contribution in [0.15, 0.2) is 0 Å². The minimum absolute atomic E-state index is 0.0637. The molecule has 2 N–H and O–H groups in total. The molecule has 1 aliphatic heterocycles. The number of carboxylic acid groups (broad SMARTS) is 1. The molecular weight excluding hydrogens is 232 g/mol. The number of hydrogen-bond donors (Lipinski definition) is 2. The molecule has 0 aromatic rings. The monoisotopic (exact) mass is 250 g/mol. The predicted molar refractivity (Wildman–Crippen MR) is 59.1 cm³/mol. The van der Waals surface area contributed by atoms with Gasteiger partial charge in [0.25, 0.3) is 10.2 Å². The second-order valence-corrected chi connectivity index (χ2v) is 5.78. The van der Waals surface area contributed by atoms with Crippen LogP contribution in [0.2, 0.25) is 0 Å². The summed E-state index contributed by atoms with van der Waals surface area (Å²) in [5.74, 6) is -0.913. The van der Waals surface area contributed by atoms with Crippen molar-refractivity contribution in [3.05, 3.63) is 0 Å². The predicted octanol–water partition coefficient (Wildman–Crippen LogP) is 0.0274. The highest BCUT2D eigenvalue weighted by Crippen LogP contribution is 2.35. The zero-order chi connectivity index (χ0) is 12.4. The Morgan fingerprint density at radius 2 is 2.12 bits per heavy atom. The van der Waals surface area contributed by atoms with E-state index in [-0.39, 0.29) is 13.1 Å². The molecule has 0 aliphatic carbocycles. The van der Waals surface area contributed by atoms with Gasteiger partial charge in [-0.25, -0.2) is 4.72 Å². The first kappa shape index (κ1) is 13.4. The molecule has 94 valence electrons. The Kier molecular flexibility index (Phi) is 3.92. The second kappa shape index (κ2) is 4.68. The summed E-state index contributed by atoms with van der Waals surface area (Å²) in [6.07, 6.45) is 0.823. The molecule has 1 rings (SSSR count). The van der Waals surface area contributed by atoms with Gasteiger partial charge in [-0.3, -0.25) is 4.79 Å². The lowest BCUT2D eigenvalue weighted by Gasteiger charge is -2.22. The highest BCUT2D eigenvalue weighted by atomic mass is 32.2.